The van der Waals surface area contributed by atoms with Gasteiger partial charge in [-0.25, -0.2) is 4.79 Å². The van der Waals surface area contributed by atoms with Crippen LogP contribution in [0.25, 0.3) is 6.08 Å². The molecule has 1 aromatic rings. The Morgan fingerprint density at radius 3 is 2.77 bits per heavy atom. The highest BCUT2D eigenvalue weighted by Crippen LogP contribution is 2.09. The Kier molecular flexibility index (Phi) is 2.80. The van der Waals surface area contributed by atoms with E-state index in [9.17, 15) is 9.18 Å². The maximum absolute atomic E-state index is 12.6. The second kappa shape index (κ2) is 3.85. The summed E-state index contributed by atoms with van der Waals surface area (Å²) in [5, 5.41) is 8.27. The predicted octanol–water partition coefficient (Wildman–Crippen LogP) is 2.39. The molecule has 1 N–H and O–H groups in total. The number of rotatable bonds is 2. The van der Waals surface area contributed by atoms with Crippen molar-refractivity contribution in [3.8, 4) is 0 Å². The Balaban J connectivity index is 2.97. The highest BCUT2D eigenvalue weighted by molar-refractivity contribution is 5.89. The summed E-state index contributed by atoms with van der Waals surface area (Å²) in [5.41, 5.74) is 1.52. The van der Waals surface area contributed by atoms with Crippen LogP contribution in [0.3, 0.4) is 0 Å². The molecule has 68 valence electrons. The Morgan fingerprint density at radius 1 is 1.54 bits per heavy atom. The fourth-order valence-corrected chi connectivity index (χ4v) is 0.968. The van der Waals surface area contributed by atoms with Gasteiger partial charge in [0.1, 0.15) is 0 Å². The Labute approximate surface area is 75.3 Å². The second-order valence-electron chi connectivity index (χ2n) is 2.71. The molecule has 0 unspecified atom stereocenters. The average Bonchev–Trinajstić information content (AvgIpc) is 2.04. The molecule has 1 aromatic carbocycles. The van der Waals surface area contributed by atoms with Crippen molar-refractivity contribution in [2.24, 2.45) is 0 Å². The smallest absolute Gasteiger partial charge is 0.364 e. The van der Waals surface area contributed by atoms with Gasteiger partial charge in [0.05, 0.1) is 0 Å². The van der Waals surface area contributed by atoms with Crippen LogP contribution >= 0.6 is 0 Å². The molecule has 0 heterocycles. The summed E-state index contributed by atoms with van der Waals surface area (Å²) >= 11 is 0. The van der Waals surface area contributed by atoms with E-state index >= 15 is 0 Å². The van der Waals surface area contributed by atoms with Crippen LogP contribution in [0.4, 0.5) is 4.39 Å². The lowest BCUT2D eigenvalue weighted by atomic mass is 10.1. The van der Waals surface area contributed by atoms with Crippen molar-refractivity contribution in [3.63, 3.8) is 0 Å². The fraction of sp³-hybridized carbons (Fsp3) is 0.100. The second-order valence-corrected chi connectivity index (χ2v) is 2.71. The lowest BCUT2D eigenvalue weighted by Crippen LogP contribution is -1.93. The van der Waals surface area contributed by atoms with E-state index in [0.717, 1.165) is 11.6 Å². The first-order valence-electron chi connectivity index (χ1n) is 3.77. The van der Waals surface area contributed by atoms with Gasteiger partial charge in [0, 0.05) is 0 Å². The third-order valence-corrected chi connectivity index (χ3v) is 1.54. The first kappa shape index (κ1) is 9.45. The summed E-state index contributed by atoms with van der Waals surface area (Å²) in [4.78, 5) is 10.1. The van der Waals surface area contributed by atoms with Crippen molar-refractivity contribution in [1.82, 2.24) is 0 Å². The molecule has 0 atom stereocenters. The third-order valence-electron chi connectivity index (χ3n) is 1.54. The molecule has 0 fully saturated rings. The lowest BCUT2D eigenvalue weighted by molar-refractivity contribution is -0.134. The Hall–Kier alpha value is -1.64. The summed E-state index contributed by atoms with van der Waals surface area (Å²) < 4.78 is 12.6. The topological polar surface area (TPSA) is 37.3 Å². The number of hydrogen-bond donors (Lipinski definition) is 1. The van der Waals surface area contributed by atoms with Crippen LogP contribution in [0.5, 0.6) is 0 Å². The standard InChI is InChI=1S/C10H9FO2/c1-7-3-2-4-8(5-7)6-9(11)10(12)13/h2-6H,1H3,(H,12,13)/b9-6+. The molecule has 1 rings (SSSR count). The number of aliphatic carboxylic acids is 1. The summed E-state index contributed by atoms with van der Waals surface area (Å²) in [5.74, 6) is -2.69. The molecule has 0 aliphatic rings. The van der Waals surface area contributed by atoms with Gasteiger partial charge in [0.2, 0.25) is 5.83 Å². The zero-order valence-electron chi connectivity index (χ0n) is 7.12. The first-order chi connectivity index (χ1) is 6.09. The van der Waals surface area contributed by atoms with Crippen molar-refractivity contribution >= 4 is 12.0 Å². The van der Waals surface area contributed by atoms with Crippen LogP contribution in [0, 0.1) is 6.92 Å². The molecule has 0 radical (unpaired) electrons. The Bertz CT molecular complexity index is 356. The molecule has 0 bridgehead atoms. The maximum atomic E-state index is 12.6. The van der Waals surface area contributed by atoms with E-state index in [2.05, 4.69) is 0 Å². The molecule has 2 nitrogen and oxygen atoms in total. The van der Waals surface area contributed by atoms with Gasteiger partial charge in [0.15, 0.2) is 0 Å². The van der Waals surface area contributed by atoms with Gasteiger partial charge in [0.25, 0.3) is 0 Å². The van der Waals surface area contributed by atoms with E-state index in [-0.39, 0.29) is 0 Å². The monoisotopic (exact) mass is 180 g/mol. The number of halogens is 1. The van der Waals surface area contributed by atoms with E-state index in [1.165, 1.54) is 0 Å². The molecule has 13 heavy (non-hydrogen) atoms. The molecule has 0 saturated heterocycles. The number of carboxylic acid groups (broad SMARTS) is 1. The minimum absolute atomic E-state index is 0.555. The highest BCUT2D eigenvalue weighted by Gasteiger charge is 2.04. The molecule has 0 amide bonds. The van der Waals surface area contributed by atoms with Crippen molar-refractivity contribution < 1.29 is 14.3 Å². The molecule has 3 heteroatoms. The Morgan fingerprint density at radius 2 is 2.23 bits per heavy atom. The molecule has 0 aliphatic heterocycles. The number of hydrogen-bond acceptors (Lipinski definition) is 1. The van der Waals surface area contributed by atoms with Crippen LogP contribution in [0.2, 0.25) is 0 Å². The van der Waals surface area contributed by atoms with Gasteiger partial charge >= 0.3 is 5.97 Å². The van der Waals surface area contributed by atoms with Gasteiger partial charge in [-0.1, -0.05) is 29.8 Å². The minimum atomic E-state index is -1.54. The number of aryl methyl sites for hydroxylation is 1. The normalized spacial score (nSPS) is 11.4. The maximum Gasteiger partial charge on any atom is 0.364 e. The van der Waals surface area contributed by atoms with Crippen molar-refractivity contribution in [1.29, 1.82) is 0 Å². The zero-order valence-corrected chi connectivity index (χ0v) is 7.12. The predicted molar refractivity (Wildman–Crippen MR) is 47.9 cm³/mol. The summed E-state index contributed by atoms with van der Waals surface area (Å²) in [6, 6.07) is 6.96. The average molecular weight is 180 g/mol. The number of carbonyl (C=O) groups is 1. The SMILES string of the molecule is Cc1cccc(/C=C(/F)C(=O)O)c1. The summed E-state index contributed by atoms with van der Waals surface area (Å²) in [7, 11) is 0. The summed E-state index contributed by atoms with van der Waals surface area (Å²) in [6.45, 7) is 1.86. The van der Waals surface area contributed by atoms with Crippen LogP contribution < -0.4 is 0 Å². The largest absolute Gasteiger partial charge is 0.476 e. The van der Waals surface area contributed by atoms with Gasteiger partial charge in [-0.15, -0.1) is 0 Å². The van der Waals surface area contributed by atoms with Crippen molar-refractivity contribution in [2.75, 3.05) is 0 Å². The van der Waals surface area contributed by atoms with Crippen LogP contribution in [-0.2, 0) is 4.79 Å². The van der Waals surface area contributed by atoms with E-state index in [1.807, 2.05) is 13.0 Å². The fourth-order valence-electron chi connectivity index (χ4n) is 0.968. The molecule has 0 saturated carbocycles. The van der Waals surface area contributed by atoms with Gasteiger partial charge < -0.3 is 5.11 Å². The molecule has 0 spiro atoms. The van der Waals surface area contributed by atoms with Crippen molar-refractivity contribution in [3.05, 3.63) is 41.2 Å². The molecular formula is C10H9FO2. The van der Waals surface area contributed by atoms with E-state index < -0.39 is 11.8 Å². The van der Waals surface area contributed by atoms with E-state index in [0.29, 0.717) is 5.56 Å². The van der Waals surface area contributed by atoms with Crippen LogP contribution in [0.15, 0.2) is 30.1 Å². The lowest BCUT2D eigenvalue weighted by Gasteiger charge is -1.95. The zero-order chi connectivity index (χ0) is 9.84. The molecule has 0 aromatic heterocycles. The van der Waals surface area contributed by atoms with Gasteiger partial charge in [-0.05, 0) is 18.6 Å². The minimum Gasteiger partial charge on any atom is -0.476 e. The van der Waals surface area contributed by atoms with E-state index in [1.54, 1.807) is 18.2 Å². The third kappa shape index (κ3) is 2.71. The van der Waals surface area contributed by atoms with E-state index in [4.69, 9.17) is 5.11 Å². The first-order valence-corrected chi connectivity index (χ1v) is 3.77. The quantitative estimate of drug-likeness (QED) is 0.709. The number of benzene rings is 1. The van der Waals surface area contributed by atoms with Crippen molar-refractivity contribution in [2.45, 2.75) is 6.92 Å². The number of carboxylic acids is 1. The summed E-state index contributed by atoms with van der Waals surface area (Å²) in [6.07, 6.45) is 0.995. The van der Waals surface area contributed by atoms with Crippen LogP contribution in [0.1, 0.15) is 11.1 Å². The molecular weight excluding hydrogens is 171 g/mol. The van der Waals surface area contributed by atoms with Gasteiger partial charge in [-0.2, -0.15) is 4.39 Å². The molecule has 0 aliphatic carbocycles. The highest BCUT2D eigenvalue weighted by atomic mass is 19.1. The van der Waals surface area contributed by atoms with Gasteiger partial charge in [-0.3, -0.25) is 0 Å². The van der Waals surface area contributed by atoms with Crippen LogP contribution in [-0.4, -0.2) is 11.1 Å².